The molecule has 43 heavy (non-hydrogen) atoms. The standard InChI is InChI=1S/C36H26F3NO3/c37-36(38,39)30-16-11-24(12-17-30)22-40-32(26-5-2-1-3-6-26)19-20-33(40)29-15-18-31-28(21-29)7-4-8-34(31)43-23-25-9-13-27(14-10-25)35(41)42/h1-21H,22-23H2,(H,41,42). The fraction of sp³-hybridized carbons (Fsp3) is 0.0833. The zero-order valence-corrected chi connectivity index (χ0v) is 22.9. The van der Waals surface area contributed by atoms with Gasteiger partial charge in [-0.3, -0.25) is 0 Å². The minimum Gasteiger partial charge on any atom is -0.488 e. The summed E-state index contributed by atoms with van der Waals surface area (Å²) in [7, 11) is 0. The molecule has 214 valence electrons. The smallest absolute Gasteiger partial charge is 0.416 e. The molecule has 1 heterocycles. The average molecular weight is 578 g/mol. The zero-order valence-electron chi connectivity index (χ0n) is 22.9. The maximum absolute atomic E-state index is 13.2. The first-order valence-electron chi connectivity index (χ1n) is 13.7. The van der Waals surface area contributed by atoms with E-state index in [1.165, 1.54) is 12.1 Å². The molecule has 1 N–H and O–H groups in total. The molecule has 0 atom stereocenters. The van der Waals surface area contributed by atoms with Crippen LogP contribution in [0.5, 0.6) is 5.75 Å². The molecule has 0 aliphatic rings. The van der Waals surface area contributed by atoms with E-state index in [9.17, 15) is 18.0 Å². The zero-order chi connectivity index (χ0) is 30.0. The summed E-state index contributed by atoms with van der Waals surface area (Å²) in [4.78, 5) is 11.1. The third-order valence-electron chi connectivity index (χ3n) is 7.40. The fourth-order valence-corrected chi connectivity index (χ4v) is 5.18. The van der Waals surface area contributed by atoms with E-state index in [0.29, 0.717) is 12.3 Å². The number of aromatic carboxylic acids is 1. The summed E-state index contributed by atoms with van der Waals surface area (Å²) in [6, 6.07) is 37.8. The lowest BCUT2D eigenvalue weighted by Crippen LogP contribution is -2.07. The van der Waals surface area contributed by atoms with Gasteiger partial charge in [0.15, 0.2) is 0 Å². The normalized spacial score (nSPS) is 11.5. The van der Waals surface area contributed by atoms with Crippen molar-refractivity contribution in [3.8, 4) is 28.3 Å². The Morgan fingerprint density at radius 3 is 2.05 bits per heavy atom. The molecule has 5 aromatic carbocycles. The summed E-state index contributed by atoms with van der Waals surface area (Å²) in [6.45, 7) is 0.684. The Morgan fingerprint density at radius 2 is 1.37 bits per heavy atom. The van der Waals surface area contributed by atoms with Gasteiger partial charge in [0.2, 0.25) is 0 Å². The van der Waals surface area contributed by atoms with Gasteiger partial charge in [-0.25, -0.2) is 4.79 Å². The van der Waals surface area contributed by atoms with Crippen LogP contribution in [0.3, 0.4) is 0 Å². The highest BCUT2D eigenvalue weighted by molar-refractivity contribution is 5.92. The number of hydrogen-bond donors (Lipinski definition) is 1. The predicted octanol–water partition coefficient (Wildman–Crippen LogP) is 9.32. The molecule has 0 aliphatic carbocycles. The van der Waals surface area contributed by atoms with Gasteiger partial charge >= 0.3 is 12.1 Å². The van der Waals surface area contributed by atoms with Crippen molar-refractivity contribution in [1.82, 2.24) is 4.57 Å². The van der Waals surface area contributed by atoms with Crippen LogP contribution >= 0.6 is 0 Å². The van der Waals surface area contributed by atoms with Crippen LogP contribution in [-0.2, 0) is 19.3 Å². The van der Waals surface area contributed by atoms with Crippen LogP contribution in [0.2, 0.25) is 0 Å². The van der Waals surface area contributed by atoms with Gasteiger partial charge in [0.05, 0.1) is 11.1 Å². The maximum atomic E-state index is 13.2. The summed E-state index contributed by atoms with van der Waals surface area (Å²) < 4.78 is 47.7. The maximum Gasteiger partial charge on any atom is 0.416 e. The first-order valence-corrected chi connectivity index (χ1v) is 13.7. The minimum absolute atomic E-state index is 0.222. The van der Waals surface area contributed by atoms with Gasteiger partial charge in [-0.1, -0.05) is 72.8 Å². The molecular weight excluding hydrogens is 551 g/mol. The largest absolute Gasteiger partial charge is 0.488 e. The Balaban J connectivity index is 1.33. The number of hydrogen-bond acceptors (Lipinski definition) is 2. The first kappa shape index (κ1) is 27.8. The van der Waals surface area contributed by atoms with Crippen LogP contribution in [0.4, 0.5) is 13.2 Å². The van der Waals surface area contributed by atoms with Crippen LogP contribution < -0.4 is 4.74 Å². The Kier molecular flexibility index (Phi) is 7.47. The van der Waals surface area contributed by atoms with Gasteiger partial charge in [-0.2, -0.15) is 13.2 Å². The number of benzene rings is 5. The number of fused-ring (bicyclic) bond motifs is 1. The van der Waals surface area contributed by atoms with Crippen LogP contribution in [-0.4, -0.2) is 15.6 Å². The first-order chi connectivity index (χ1) is 20.8. The molecule has 0 aliphatic heterocycles. The summed E-state index contributed by atoms with van der Waals surface area (Å²) in [5.41, 5.74) is 5.03. The number of carboxylic acid groups (broad SMARTS) is 1. The molecule has 0 unspecified atom stereocenters. The van der Waals surface area contributed by atoms with Gasteiger partial charge in [0.1, 0.15) is 12.4 Å². The summed E-state index contributed by atoms with van der Waals surface area (Å²) >= 11 is 0. The van der Waals surface area contributed by atoms with Crippen LogP contribution in [0.15, 0.2) is 127 Å². The van der Waals surface area contributed by atoms with Crippen molar-refractivity contribution in [2.75, 3.05) is 0 Å². The van der Waals surface area contributed by atoms with E-state index in [0.717, 1.165) is 56.5 Å². The number of nitrogens with zero attached hydrogens (tertiary/aromatic N) is 1. The third-order valence-corrected chi connectivity index (χ3v) is 7.40. The highest BCUT2D eigenvalue weighted by atomic mass is 19.4. The van der Waals surface area contributed by atoms with Crippen molar-refractivity contribution in [3.05, 3.63) is 150 Å². The molecule has 0 saturated carbocycles. The molecule has 0 spiro atoms. The number of aromatic nitrogens is 1. The van der Waals surface area contributed by atoms with E-state index in [-0.39, 0.29) is 12.2 Å². The summed E-state index contributed by atoms with van der Waals surface area (Å²) in [6.07, 6.45) is -4.38. The second-order valence-corrected chi connectivity index (χ2v) is 10.2. The minimum atomic E-state index is -4.38. The van der Waals surface area contributed by atoms with E-state index in [1.54, 1.807) is 24.3 Å². The number of carboxylic acids is 1. The van der Waals surface area contributed by atoms with Crippen molar-refractivity contribution in [3.63, 3.8) is 0 Å². The lowest BCUT2D eigenvalue weighted by atomic mass is 10.0. The number of ether oxygens (including phenoxy) is 1. The SMILES string of the molecule is O=C(O)c1ccc(COc2cccc3cc(-c4ccc(-c5ccccc5)n4Cc4ccc(C(F)(F)F)cc4)ccc23)cc1. The van der Waals surface area contributed by atoms with Crippen molar-refractivity contribution in [1.29, 1.82) is 0 Å². The average Bonchev–Trinajstić information content (AvgIpc) is 3.43. The molecule has 1 aromatic heterocycles. The quantitative estimate of drug-likeness (QED) is 0.196. The van der Waals surface area contributed by atoms with Gasteiger partial charge in [-0.15, -0.1) is 0 Å². The molecule has 0 bridgehead atoms. The summed E-state index contributed by atoms with van der Waals surface area (Å²) in [5, 5.41) is 11.0. The predicted molar refractivity (Wildman–Crippen MR) is 161 cm³/mol. The number of carbonyl (C=O) groups is 1. The Morgan fingerprint density at radius 1 is 0.698 bits per heavy atom. The molecule has 6 rings (SSSR count). The topological polar surface area (TPSA) is 51.5 Å². The van der Waals surface area contributed by atoms with Gasteiger partial charge in [-0.05, 0) is 82.2 Å². The Hall–Kier alpha value is -5.30. The number of halogens is 3. The van der Waals surface area contributed by atoms with E-state index >= 15 is 0 Å². The van der Waals surface area contributed by atoms with Crippen molar-refractivity contribution >= 4 is 16.7 Å². The second kappa shape index (κ2) is 11.5. The van der Waals surface area contributed by atoms with Gasteiger partial charge in [0, 0.05) is 23.3 Å². The van der Waals surface area contributed by atoms with Crippen molar-refractivity contribution < 1.29 is 27.8 Å². The van der Waals surface area contributed by atoms with Crippen LogP contribution in [0.25, 0.3) is 33.3 Å². The van der Waals surface area contributed by atoms with Gasteiger partial charge in [0.25, 0.3) is 0 Å². The number of alkyl halides is 3. The molecule has 0 fully saturated rings. The summed E-state index contributed by atoms with van der Waals surface area (Å²) in [5.74, 6) is -0.268. The molecule has 0 radical (unpaired) electrons. The lowest BCUT2D eigenvalue weighted by molar-refractivity contribution is -0.137. The second-order valence-electron chi connectivity index (χ2n) is 10.2. The van der Waals surface area contributed by atoms with Crippen molar-refractivity contribution in [2.24, 2.45) is 0 Å². The molecule has 7 heteroatoms. The monoisotopic (exact) mass is 577 g/mol. The molecule has 4 nitrogen and oxygen atoms in total. The van der Waals surface area contributed by atoms with Gasteiger partial charge < -0.3 is 14.4 Å². The molecule has 0 amide bonds. The fourth-order valence-electron chi connectivity index (χ4n) is 5.18. The van der Waals surface area contributed by atoms with Crippen molar-refractivity contribution in [2.45, 2.75) is 19.3 Å². The van der Waals surface area contributed by atoms with E-state index < -0.39 is 17.7 Å². The van der Waals surface area contributed by atoms with E-state index in [2.05, 4.69) is 10.6 Å². The lowest BCUT2D eigenvalue weighted by Gasteiger charge is -2.16. The van der Waals surface area contributed by atoms with E-state index in [1.807, 2.05) is 72.8 Å². The highest BCUT2D eigenvalue weighted by Crippen LogP contribution is 2.35. The van der Waals surface area contributed by atoms with Crippen LogP contribution in [0.1, 0.15) is 27.0 Å². The Labute approximate surface area is 246 Å². The van der Waals surface area contributed by atoms with E-state index in [4.69, 9.17) is 9.84 Å². The highest BCUT2D eigenvalue weighted by Gasteiger charge is 2.30. The Bertz CT molecular complexity index is 1890. The third kappa shape index (κ3) is 6.02. The van der Waals surface area contributed by atoms with Crippen LogP contribution in [0, 0.1) is 0 Å². The molecular formula is C36H26F3NO3. The molecule has 6 aromatic rings. The number of rotatable bonds is 8. The molecule has 0 saturated heterocycles.